The monoisotopic (exact) mass is 331 g/mol. The van der Waals surface area contributed by atoms with Crippen LogP contribution in [0.4, 0.5) is 17.6 Å². The summed E-state index contributed by atoms with van der Waals surface area (Å²) in [6.45, 7) is 2.98. The van der Waals surface area contributed by atoms with Crippen molar-refractivity contribution < 1.29 is 9.53 Å². The van der Waals surface area contributed by atoms with Crippen LogP contribution in [-0.4, -0.2) is 52.4 Å². The Hall–Kier alpha value is -2.68. The summed E-state index contributed by atoms with van der Waals surface area (Å²) in [5, 5.41) is 9.86. The molecule has 1 unspecified atom stereocenters. The number of carbonyl (C=O) groups is 1. The molecular formula is C15H21N7O2. The van der Waals surface area contributed by atoms with Gasteiger partial charge in [0.2, 0.25) is 5.95 Å². The van der Waals surface area contributed by atoms with Crippen molar-refractivity contribution in [1.29, 1.82) is 0 Å². The first-order chi connectivity index (χ1) is 11.5. The highest BCUT2D eigenvalue weighted by molar-refractivity contribution is 5.73. The molecule has 4 N–H and O–H groups in total. The van der Waals surface area contributed by atoms with Gasteiger partial charge in [0.05, 0.1) is 19.2 Å². The van der Waals surface area contributed by atoms with Gasteiger partial charge in [-0.05, 0) is 13.3 Å². The fourth-order valence-corrected chi connectivity index (χ4v) is 2.86. The number of ether oxygens (including phenoxy) is 1. The molecule has 0 aliphatic carbocycles. The van der Waals surface area contributed by atoms with Crippen LogP contribution >= 0.6 is 0 Å². The summed E-state index contributed by atoms with van der Waals surface area (Å²) < 4.78 is 4.85. The van der Waals surface area contributed by atoms with Crippen LogP contribution in [-0.2, 0) is 9.53 Å². The molecule has 2 atom stereocenters. The van der Waals surface area contributed by atoms with E-state index in [1.165, 1.54) is 7.11 Å². The van der Waals surface area contributed by atoms with Crippen LogP contribution in [0, 0.1) is 12.8 Å². The second-order valence-electron chi connectivity index (χ2n) is 5.91. The number of H-pyrrole nitrogens is 1. The van der Waals surface area contributed by atoms with Crippen molar-refractivity contribution in [1.82, 2.24) is 20.2 Å². The predicted molar refractivity (Wildman–Crippen MR) is 89.0 cm³/mol. The van der Waals surface area contributed by atoms with Gasteiger partial charge in [-0.1, -0.05) is 0 Å². The molecule has 0 saturated carbocycles. The summed E-state index contributed by atoms with van der Waals surface area (Å²) in [6, 6.07) is 3.52. The summed E-state index contributed by atoms with van der Waals surface area (Å²) in [5.41, 5.74) is 6.91. The molecule has 0 amide bonds. The molecule has 1 saturated heterocycles. The lowest BCUT2D eigenvalue weighted by molar-refractivity contribution is -0.145. The Morgan fingerprint density at radius 2 is 2.29 bits per heavy atom. The smallest absolute Gasteiger partial charge is 0.310 e. The van der Waals surface area contributed by atoms with Crippen LogP contribution in [0.15, 0.2) is 18.3 Å². The summed E-state index contributed by atoms with van der Waals surface area (Å²) in [7, 11) is 1.39. The largest absolute Gasteiger partial charge is 0.469 e. The SMILES string of the molecule is COC(=O)C1C[C@@H](N)CN(c2nc(C)cc(Nc3ccn[nH]3)n2)C1. The Kier molecular flexibility index (Phi) is 4.61. The molecule has 128 valence electrons. The van der Waals surface area contributed by atoms with Crippen LogP contribution in [0.1, 0.15) is 12.1 Å². The zero-order valence-corrected chi connectivity index (χ0v) is 13.7. The Labute approximate surface area is 139 Å². The number of hydrogen-bond donors (Lipinski definition) is 3. The minimum atomic E-state index is -0.271. The lowest BCUT2D eigenvalue weighted by Crippen LogP contribution is -2.50. The maximum absolute atomic E-state index is 11.9. The third-order valence-corrected chi connectivity index (χ3v) is 3.91. The lowest BCUT2D eigenvalue weighted by Gasteiger charge is -2.35. The highest BCUT2D eigenvalue weighted by Gasteiger charge is 2.32. The molecule has 0 radical (unpaired) electrons. The number of nitrogens with zero attached hydrogens (tertiary/aromatic N) is 4. The van der Waals surface area contributed by atoms with Crippen molar-refractivity contribution in [3.05, 3.63) is 24.0 Å². The number of aromatic nitrogens is 4. The van der Waals surface area contributed by atoms with E-state index >= 15 is 0 Å². The van der Waals surface area contributed by atoms with E-state index in [0.717, 1.165) is 11.5 Å². The van der Waals surface area contributed by atoms with Gasteiger partial charge in [-0.3, -0.25) is 9.89 Å². The van der Waals surface area contributed by atoms with E-state index in [-0.39, 0.29) is 17.9 Å². The number of piperidine rings is 1. The van der Waals surface area contributed by atoms with Gasteiger partial charge in [-0.15, -0.1) is 0 Å². The van der Waals surface area contributed by atoms with E-state index in [1.807, 2.05) is 17.9 Å². The highest BCUT2D eigenvalue weighted by atomic mass is 16.5. The maximum Gasteiger partial charge on any atom is 0.310 e. The summed E-state index contributed by atoms with van der Waals surface area (Å²) >= 11 is 0. The van der Waals surface area contributed by atoms with E-state index in [2.05, 4.69) is 25.5 Å². The molecule has 24 heavy (non-hydrogen) atoms. The average Bonchev–Trinajstić information content (AvgIpc) is 3.06. The summed E-state index contributed by atoms with van der Waals surface area (Å²) in [5.74, 6) is 1.41. The maximum atomic E-state index is 11.9. The Morgan fingerprint density at radius 3 is 3.00 bits per heavy atom. The third-order valence-electron chi connectivity index (χ3n) is 3.91. The second kappa shape index (κ2) is 6.83. The van der Waals surface area contributed by atoms with Gasteiger partial charge in [0.15, 0.2) is 0 Å². The first-order valence-electron chi connectivity index (χ1n) is 7.75. The van der Waals surface area contributed by atoms with Crippen LogP contribution < -0.4 is 16.0 Å². The number of anilines is 3. The lowest BCUT2D eigenvalue weighted by atomic mass is 9.95. The summed E-state index contributed by atoms with van der Waals surface area (Å²) in [6.07, 6.45) is 2.26. The van der Waals surface area contributed by atoms with Crippen LogP contribution in [0.25, 0.3) is 0 Å². The number of nitrogens with one attached hydrogen (secondary N) is 2. The van der Waals surface area contributed by atoms with Crippen molar-refractivity contribution in [3.8, 4) is 0 Å². The minimum absolute atomic E-state index is 0.129. The normalized spacial score (nSPS) is 20.7. The van der Waals surface area contributed by atoms with E-state index in [0.29, 0.717) is 31.3 Å². The van der Waals surface area contributed by atoms with Crippen molar-refractivity contribution in [2.75, 3.05) is 30.4 Å². The van der Waals surface area contributed by atoms with Crippen molar-refractivity contribution in [2.24, 2.45) is 11.7 Å². The summed E-state index contributed by atoms with van der Waals surface area (Å²) in [4.78, 5) is 22.8. The van der Waals surface area contributed by atoms with E-state index in [4.69, 9.17) is 10.5 Å². The third kappa shape index (κ3) is 3.62. The van der Waals surface area contributed by atoms with Gasteiger partial charge in [-0.25, -0.2) is 4.98 Å². The topological polar surface area (TPSA) is 122 Å². The van der Waals surface area contributed by atoms with Crippen molar-refractivity contribution >= 4 is 23.6 Å². The Balaban J connectivity index is 1.82. The molecular weight excluding hydrogens is 310 g/mol. The van der Waals surface area contributed by atoms with Crippen LogP contribution in [0.3, 0.4) is 0 Å². The van der Waals surface area contributed by atoms with Crippen LogP contribution in [0.2, 0.25) is 0 Å². The average molecular weight is 331 g/mol. The molecule has 1 fully saturated rings. The van der Waals surface area contributed by atoms with E-state index in [9.17, 15) is 4.79 Å². The fraction of sp³-hybridized carbons (Fsp3) is 0.467. The number of esters is 1. The quantitative estimate of drug-likeness (QED) is 0.695. The van der Waals surface area contributed by atoms with Crippen LogP contribution in [0.5, 0.6) is 0 Å². The van der Waals surface area contributed by atoms with Gasteiger partial charge >= 0.3 is 5.97 Å². The second-order valence-corrected chi connectivity index (χ2v) is 5.91. The van der Waals surface area contributed by atoms with Crippen molar-refractivity contribution in [2.45, 2.75) is 19.4 Å². The van der Waals surface area contributed by atoms with E-state index in [1.54, 1.807) is 12.3 Å². The molecule has 9 heteroatoms. The number of nitrogens with two attached hydrogens (primary N) is 1. The zero-order chi connectivity index (χ0) is 17.1. The van der Waals surface area contributed by atoms with E-state index < -0.39 is 0 Å². The number of methoxy groups -OCH3 is 1. The molecule has 1 aliphatic rings. The Morgan fingerprint density at radius 1 is 1.46 bits per heavy atom. The standard InChI is InChI=1S/C15H21N7O2/c1-9-5-13(19-12-3-4-17-21-12)20-15(18-9)22-7-10(14(23)24-2)6-11(16)8-22/h3-5,10-11H,6-8,16H2,1-2H3,(H2,17,18,19,20,21)/t10?,11-/m1/s1. The molecule has 0 spiro atoms. The number of carbonyl (C=O) groups excluding carboxylic acids is 1. The Bertz CT molecular complexity index is 704. The molecule has 3 heterocycles. The number of rotatable bonds is 4. The fourth-order valence-electron chi connectivity index (χ4n) is 2.86. The predicted octanol–water partition coefficient (Wildman–Crippen LogP) is 0.578. The molecule has 0 bridgehead atoms. The van der Waals surface area contributed by atoms with Gasteiger partial charge < -0.3 is 20.7 Å². The molecule has 1 aliphatic heterocycles. The molecule has 0 aromatic carbocycles. The first kappa shape index (κ1) is 16.2. The number of aromatic amines is 1. The highest BCUT2D eigenvalue weighted by Crippen LogP contribution is 2.23. The molecule has 3 rings (SSSR count). The number of aryl methyl sites for hydroxylation is 1. The molecule has 2 aromatic rings. The van der Waals surface area contributed by atoms with Gasteiger partial charge in [0, 0.05) is 37.0 Å². The van der Waals surface area contributed by atoms with Gasteiger partial charge in [0.25, 0.3) is 0 Å². The van der Waals surface area contributed by atoms with Gasteiger partial charge in [0.1, 0.15) is 11.6 Å². The van der Waals surface area contributed by atoms with Gasteiger partial charge in [-0.2, -0.15) is 10.1 Å². The minimum Gasteiger partial charge on any atom is -0.469 e. The molecule has 2 aromatic heterocycles. The zero-order valence-electron chi connectivity index (χ0n) is 13.7. The van der Waals surface area contributed by atoms with Crippen molar-refractivity contribution in [3.63, 3.8) is 0 Å². The number of hydrogen-bond acceptors (Lipinski definition) is 8. The molecule has 9 nitrogen and oxygen atoms in total. The first-order valence-corrected chi connectivity index (χ1v) is 7.75.